The number of carbonyl (C=O) groups is 2. The molecule has 0 fully saturated rings. The third kappa shape index (κ3) is 3.84. The van der Waals surface area contributed by atoms with E-state index >= 15 is 0 Å². The number of nitrogens with one attached hydrogen (secondary N) is 2. The van der Waals surface area contributed by atoms with Crippen LogP contribution in [0.15, 0.2) is 12.1 Å². The van der Waals surface area contributed by atoms with Crippen LogP contribution in [0.3, 0.4) is 0 Å². The number of carboxylic acid groups (broad SMARTS) is 1. The van der Waals surface area contributed by atoms with E-state index in [0.717, 1.165) is 12.1 Å². The SMILES string of the molecule is CC(C)NC(=O)C(C)Nc1cc(F)c(C(=O)O)cc1N. The standard InChI is InChI=1S/C13H18FN3O3/c1-6(2)16-12(18)7(3)17-11-5-9(14)8(13(19)20)4-10(11)15/h4-7,17H,15H2,1-3H3,(H,16,18)(H,19,20). The van der Waals surface area contributed by atoms with Gasteiger partial charge in [0, 0.05) is 6.04 Å². The van der Waals surface area contributed by atoms with Crippen LogP contribution in [0.25, 0.3) is 0 Å². The summed E-state index contributed by atoms with van der Waals surface area (Å²) in [7, 11) is 0. The Morgan fingerprint density at radius 2 is 1.90 bits per heavy atom. The maximum Gasteiger partial charge on any atom is 0.338 e. The summed E-state index contributed by atoms with van der Waals surface area (Å²) in [6, 6.07) is 1.34. The molecule has 0 aliphatic rings. The first-order valence-corrected chi connectivity index (χ1v) is 6.11. The van der Waals surface area contributed by atoms with Gasteiger partial charge in [0.2, 0.25) is 5.91 Å². The fourth-order valence-corrected chi connectivity index (χ4v) is 1.59. The van der Waals surface area contributed by atoms with Gasteiger partial charge < -0.3 is 21.5 Å². The van der Waals surface area contributed by atoms with Crippen molar-refractivity contribution in [1.29, 1.82) is 0 Å². The Hall–Kier alpha value is -2.31. The lowest BCUT2D eigenvalue weighted by Crippen LogP contribution is -2.41. The van der Waals surface area contributed by atoms with Gasteiger partial charge in [-0.25, -0.2) is 9.18 Å². The van der Waals surface area contributed by atoms with E-state index in [1.54, 1.807) is 6.92 Å². The zero-order chi connectivity index (χ0) is 15.4. The first-order chi connectivity index (χ1) is 9.22. The highest BCUT2D eigenvalue weighted by Gasteiger charge is 2.18. The highest BCUT2D eigenvalue weighted by Crippen LogP contribution is 2.23. The van der Waals surface area contributed by atoms with E-state index < -0.39 is 23.4 Å². The van der Waals surface area contributed by atoms with Gasteiger partial charge in [-0.15, -0.1) is 0 Å². The summed E-state index contributed by atoms with van der Waals surface area (Å²) in [4.78, 5) is 22.5. The molecule has 0 bridgehead atoms. The fraction of sp³-hybridized carbons (Fsp3) is 0.385. The molecule has 1 aromatic carbocycles. The normalized spacial score (nSPS) is 12.1. The topological polar surface area (TPSA) is 104 Å². The Morgan fingerprint density at radius 1 is 1.30 bits per heavy atom. The third-order valence-electron chi connectivity index (χ3n) is 2.57. The lowest BCUT2D eigenvalue weighted by atomic mass is 10.1. The van der Waals surface area contributed by atoms with E-state index in [1.807, 2.05) is 13.8 Å². The van der Waals surface area contributed by atoms with E-state index in [9.17, 15) is 14.0 Å². The minimum absolute atomic E-state index is 0.0183. The molecule has 0 aromatic heterocycles. The second kappa shape index (κ2) is 6.23. The number of amides is 1. The van der Waals surface area contributed by atoms with Crippen LogP contribution in [0.4, 0.5) is 15.8 Å². The van der Waals surface area contributed by atoms with Crippen LogP contribution in [-0.2, 0) is 4.79 Å². The Morgan fingerprint density at radius 3 is 2.40 bits per heavy atom. The Kier molecular flexibility index (Phi) is 4.90. The van der Waals surface area contributed by atoms with Crippen LogP contribution >= 0.6 is 0 Å². The Labute approximate surface area is 116 Å². The Bertz CT molecular complexity index is 532. The van der Waals surface area contributed by atoms with Crippen molar-refractivity contribution < 1.29 is 19.1 Å². The van der Waals surface area contributed by atoms with Gasteiger partial charge in [-0.1, -0.05) is 0 Å². The van der Waals surface area contributed by atoms with E-state index in [0.29, 0.717) is 0 Å². The summed E-state index contributed by atoms with van der Waals surface area (Å²) in [5.41, 5.74) is 5.39. The van der Waals surface area contributed by atoms with Crippen molar-refractivity contribution in [3.8, 4) is 0 Å². The second-order valence-electron chi connectivity index (χ2n) is 4.75. The molecule has 110 valence electrons. The van der Waals surface area contributed by atoms with Crippen LogP contribution in [0, 0.1) is 5.82 Å². The lowest BCUT2D eigenvalue weighted by molar-refractivity contribution is -0.122. The number of carboxylic acids is 1. The second-order valence-corrected chi connectivity index (χ2v) is 4.75. The van der Waals surface area contributed by atoms with Crippen molar-refractivity contribution in [3.05, 3.63) is 23.5 Å². The van der Waals surface area contributed by atoms with Crippen LogP contribution in [0.5, 0.6) is 0 Å². The summed E-state index contributed by atoms with van der Waals surface area (Å²) in [5, 5.41) is 14.2. The van der Waals surface area contributed by atoms with E-state index in [1.165, 1.54) is 0 Å². The molecule has 1 aromatic rings. The largest absolute Gasteiger partial charge is 0.478 e. The quantitative estimate of drug-likeness (QED) is 0.612. The Balaban J connectivity index is 2.91. The highest BCUT2D eigenvalue weighted by molar-refractivity contribution is 5.91. The molecule has 0 saturated heterocycles. The summed E-state index contributed by atoms with van der Waals surface area (Å²) >= 11 is 0. The number of nitrogens with two attached hydrogens (primary N) is 1. The maximum atomic E-state index is 13.6. The minimum Gasteiger partial charge on any atom is -0.478 e. The molecule has 0 aliphatic heterocycles. The molecular formula is C13H18FN3O3. The molecular weight excluding hydrogens is 265 g/mol. The molecule has 7 heteroatoms. The van der Waals surface area contributed by atoms with Gasteiger partial charge in [-0.2, -0.15) is 0 Å². The fourth-order valence-electron chi connectivity index (χ4n) is 1.59. The number of aromatic carboxylic acids is 1. The molecule has 0 aliphatic carbocycles. The van der Waals surface area contributed by atoms with Crippen molar-refractivity contribution in [1.82, 2.24) is 5.32 Å². The maximum absolute atomic E-state index is 13.6. The monoisotopic (exact) mass is 283 g/mol. The van der Waals surface area contributed by atoms with Crippen molar-refractivity contribution in [2.45, 2.75) is 32.9 Å². The number of hydrogen-bond acceptors (Lipinski definition) is 4. The van der Waals surface area contributed by atoms with Gasteiger partial charge in [-0.3, -0.25) is 4.79 Å². The zero-order valence-electron chi connectivity index (χ0n) is 11.5. The molecule has 20 heavy (non-hydrogen) atoms. The van der Waals surface area contributed by atoms with Gasteiger partial charge in [0.25, 0.3) is 0 Å². The number of anilines is 2. The van der Waals surface area contributed by atoms with Gasteiger partial charge in [0.05, 0.1) is 16.9 Å². The third-order valence-corrected chi connectivity index (χ3v) is 2.57. The molecule has 5 N–H and O–H groups in total. The zero-order valence-corrected chi connectivity index (χ0v) is 11.5. The molecule has 1 unspecified atom stereocenters. The van der Waals surface area contributed by atoms with Crippen molar-refractivity contribution >= 4 is 23.3 Å². The van der Waals surface area contributed by atoms with E-state index in [4.69, 9.17) is 10.8 Å². The lowest BCUT2D eigenvalue weighted by Gasteiger charge is -2.18. The van der Waals surface area contributed by atoms with E-state index in [2.05, 4.69) is 10.6 Å². The number of rotatable bonds is 5. The van der Waals surface area contributed by atoms with Gasteiger partial charge >= 0.3 is 5.97 Å². The molecule has 0 heterocycles. The van der Waals surface area contributed by atoms with Gasteiger partial charge in [0.1, 0.15) is 11.9 Å². The van der Waals surface area contributed by atoms with Crippen molar-refractivity contribution in [2.75, 3.05) is 11.1 Å². The molecule has 1 amide bonds. The first-order valence-electron chi connectivity index (χ1n) is 6.11. The molecule has 6 nitrogen and oxygen atoms in total. The summed E-state index contributed by atoms with van der Waals surface area (Å²) in [6.45, 7) is 5.24. The average molecular weight is 283 g/mol. The number of halogens is 1. The first kappa shape index (κ1) is 15.7. The number of benzene rings is 1. The van der Waals surface area contributed by atoms with E-state index in [-0.39, 0.29) is 23.3 Å². The molecule has 1 rings (SSSR count). The van der Waals surface area contributed by atoms with Gasteiger partial charge in [0.15, 0.2) is 0 Å². The smallest absolute Gasteiger partial charge is 0.338 e. The van der Waals surface area contributed by atoms with Crippen LogP contribution in [-0.4, -0.2) is 29.1 Å². The molecule has 0 spiro atoms. The summed E-state index contributed by atoms with van der Waals surface area (Å²) in [6.07, 6.45) is 0. The number of hydrogen-bond donors (Lipinski definition) is 4. The average Bonchev–Trinajstić information content (AvgIpc) is 2.31. The molecule has 0 saturated carbocycles. The van der Waals surface area contributed by atoms with Crippen molar-refractivity contribution in [2.24, 2.45) is 0 Å². The predicted octanol–water partition coefficient (Wildman–Crippen LogP) is 1.43. The van der Waals surface area contributed by atoms with Crippen LogP contribution in [0.1, 0.15) is 31.1 Å². The highest BCUT2D eigenvalue weighted by atomic mass is 19.1. The number of nitrogen functional groups attached to an aromatic ring is 1. The van der Waals surface area contributed by atoms with Crippen molar-refractivity contribution in [3.63, 3.8) is 0 Å². The molecule has 0 radical (unpaired) electrons. The minimum atomic E-state index is -1.40. The van der Waals surface area contributed by atoms with Crippen LogP contribution in [0.2, 0.25) is 0 Å². The summed E-state index contributed by atoms with van der Waals surface area (Å²) < 4.78 is 13.6. The predicted molar refractivity (Wildman–Crippen MR) is 74.1 cm³/mol. The van der Waals surface area contributed by atoms with Crippen LogP contribution < -0.4 is 16.4 Å². The summed E-state index contributed by atoms with van der Waals surface area (Å²) in [5.74, 6) is -2.57. The number of carbonyl (C=O) groups excluding carboxylic acids is 1. The molecule has 1 atom stereocenters. The van der Waals surface area contributed by atoms with Gasteiger partial charge in [-0.05, 0) is 32.9 Å².